The molecule has 0 heterocycles. The second kappa shape index (κ2) is 13.3. The van der Waals surface area contributed by atoms with Gasteiger partial charge in [-0.25, -0.2) is 0 Å². The molecule has 56 heavy (non-hydrogen) atoms. The first-order chi connectivity index (χ1) is 23.4. The summed E-state index contributed by atoms with van der Waals surface area (Å²) in [5, 5.41) is 0. The van der Waals surface area contributed by atoms with Gasteiger partial charge in [-0.1, -0.05) is 0 Å². The molecule has 0 atom stereocenters. The Kier molecular flexibility index (Phi) is 12.7. The highest BCUT2D eigenvalue weighted by atomic mass is 28.4. The molecule has 0 aliphatic carbocycles. The molecule has 338 valence electrons. The molecule has 0 aromatic carbocycles. The second-order valence-corrected chi connectivity index (χ2v) is 11.9. The van der Waals surface area contributed by atoms with Gasteiger partial charge in [0.1, 0.15) is 0 Å². The van der Waals surface area contributed by atoms with Gasteiger partial charge in [0, 0.05) is 0 Å². The van der Waals surface area contributed by atoms with E-state index in [1.54, 1.807) is 0 Å². The normalized spacial score (nSPS) is 17.1. The molecule has 0 unspecified atom stereocenters. The van der Waals surface area contributed by atoms with Gasteiger partial charge in [-0.3, -0.25) is 8.85 Å². The predicted octanol–water partition coefficient (Wildman–Crippen LogP) is 11.3. The van der Waals surface area contributed by atoms with Crippen LogP contribution in [0.5, 0.6) is 0 Å². The average molecular weight is 952 g/mol. The van der Waals surface area contributed by atoms with Gasteiger partial charge < -0.3 is 4.43 Å². The zero-order valence-electron chi connectivity index (χ0n) is 23.3. The highest BCUT2D eigenvalue weighted by molar-refractivity contribution is 6.64. The van der Waals surface area contributed by atoms with Crippen LogP contribution in [-0.4, -0.2) is 105 Å². The van der Waals surface area contributed by atoms with Crippen LogP contribution in [-0.2, 0) is 13.3 Å². The lowest BCUT2D eigenvalue weighted by Gasteiger charge is -2.46. The molecule has 0 aliphatic rings. The van der Waals surface area contributed by atoms with Crippen LogP contribution in [0.25, 0.3) is 0 Å². The van der Waals surface area contributed by atoms with Crippen LogP contribution in [0.1, 0.15) is 0 Å². The topological polar surface area (TPSA) is 27.7 Å². The van der Waals surface area contributed by atoms with E-state index in [1.165, 1.54) is 0 Å². The summed E-state index contributed by atoms with van der Waals surface area (Å²) in [5.41, 5.74) is -9.27. The van der Waals surface area contributed by atoms with Crippen molar-refractivity contribution in [2.75, 3.05) is 0 Å². The summed E-state index contributed by atoms with van der Waals surface area (Å²) in [5.74, 6) is -98.0. The Morgan fingerprint density at radius 2 is 0.411 bits per heavy atom. The van der Waals surface area contributed by atoms with E-state index in [1.807, 2.05) is 0 Å². The van der Waals surface area contributed by atoms with E-state index < -0.39 is 105 Å². The van der Waals surface area contributed by atoms with Crippen LogP contribution >= 0.6 is 0 Å². The van der Waals surface area contributed by atoms with Crippen molar-refractivity contribution in [2.45, 2.75) is 96.0 Å². The molecule has 0 amide bonds. The molecule has 0 bridgehead atoms. The van der Waals surface area contributed by atoms with Crippen molar-refractivity contribution in [2.24, 2.45) is 0 Å². The summed E-state index contributed by atoms with van der Waals surface area (Å²) < 4.78 is 481. The molecule has 0 aromatic rings. The molecular weight excluding hydrogens is 952 g/mol. The van der Waals surface area contributed by atoms with Gasteiger partial charge in [-0.2, -0.15) is 132 Å². The van der Waals surface area contributed by atoms with Crippen LogP contribution in [0.2, 0.25) is 0 Å². The highest BCUT2D eigenvalue weighted by Crippen LogP contribution is 2.68. The summed E-state index contributed by atoms with van der Waals surface area (Å²) >= 11 is 0. The maximum Gasteiger partial charge on any atom is 0.599 e. The fourth-order valence-electron chi connectivity index (χ4n) is 2.90. The maximum absolute atomic E-state index is 14.1. The molecule has 40 heteroatoms. The Bertz CT molecular complexity index is 1380. The van der Waals surface area contributed by atoms with E-state index in [4.69, 9.17) is 0 Å². The van der Waals surface area contributed by atoms with Gasteiger partial charge >= 0.3 is 105 Å². The zero-order valence-corrected chi connectivity index (χ0v) is 24.3. The largest absolute Gasteiger partial charge is 0.599 e. The van der Waals surface area contributed by atoms with Gasteiger partial charge in [0.25, 0.3) is 0 Å². The van der Waals surface area contributed by atoms with Crippen molar-refractivity contribution < 1.29 is 171 Å². The Hall–Kier alpha value is -2.42. The SMILES string of the molecule is FC(F)(F)O[Si](OC(F)(F)F)(OC(F)(F)C(F)(F)C(F)(F)C(F)(F)C(F)(F)C(F)(F)C(F)(F)C(F)(F)C(F)(F)C(F)(F)C(F)(F)F)C(F)(F)C(F)(F)C(F)(F)F. The minimum absolute atomic E-state index is 0.942. The number of halogens is 36. The van der Waals surface area contributed by atoms with Crippen molar-refractivity contribution >= 4 is 8.80 Å². The minimum Gasteiger partial charge on any atom is -0.304 e. The van der Waals surface area contributed by atoms with Crippen LogP contribution in [0.15, 0.2) is 0 Å². The molecular formula is C16F36O3Si. The van der Waals surface area contributed by atoms with E-state index in [-0.39, 0.29) is 0 Å². The Morgan fingerprint density at radius 3 is 0.607 bits per heavy atom. The smallest absolute Gasteiger partial charge is 0.304 e. The molecule has 0 rings (SSSR count). The molecule has 0 fully saturated rings. The number of alkyl halides is 36. The summed E-state index contributed by atoms with van der Waals surface area (Å²) in [6.45, 7) is 0. The molecule has 0 saturated carbocycles. The molecule has 0 aliphatic heterocycles. The summed E-state index contributed by atoms with van der Waals surface area (Å²) in [6, 6.07) is 0. The first kappa shape index (κ1) is 53.6. The molecule has 0 spiro atoms. The van der Waals surface area contributed by atoms with E-state index in [0.717, 1.165) is 13.3 Å². The molecule has 3 nitrogen and oxygen atoms in total. The van der Waals surface area contributed by atoms with Gasteiger partial charge in [-0.15, -0.1) is 26.3 Å². The third-order valence-corrected chi connectivity index (χ3v) is 8.38. The minimum atomic E-state index is -11.3. The number of rotatable bonds is 15. The molecule has 0 radical (unpaired) electrons. The van der Waals surface area contributed by atoms with Crippen molar-refractivity contribution in [3.05, 3.63) is 0 Å². The van der Waals surface area contributed by atoms with Crippen molar-refractivity contribution in [3.63, 3.8) is 0 Å². The Labute approximate surface area is 277 Å². The van der Waals surface area contributed by atoms with E-state index >= 15 is 0 Å². The van der Waals surface area contributed by atoms with Gasteiger partial charge in [-0.05, 0) is 0 Å². The molecule has 0 N–H and O–H groups in total. The first-order valence-corrected chi connectivity index (χ1v) is 13.0. The van der Waals surface area contributed by atoms with Crippen LogP contribution in [0.4, 0.5) is 158 Å². The fourth-order valence-corrected chi connectivity index (χ4v) is 5.01. The summed E-state index contributed by atoms with van der Waals surface area (Å²) in [4.78, 5) is 0. The third-order valence-electron chi connectivity index (χ3n) is 5.77. The first-order valence-electron chi connectivity index (χ1n) is 11.3. The summed E-state index contributed by atoms with van der Waals surface area (Å²) in [6.07, 6.45) is -42.9. The third kappa shape index (κ3) is 7.51. The van der Waals surface area contributed by atoms with Crippen LogP contribution in [0, 0.1) is 0 Å². The van der Waals surface area contributed by atoms with E-state index in [0.29, 0.717) is 0 Å². The fraction of sp³-hybridized carbons (Fsp3) is 1.00. The van der Waals surface area contributed by atoms with Crippen molar-refractivity contribution in [1.82, 2.24) is 0 Å². The Morgan fingerprint density at radius 1 is 0.214 bits per heavy atom. The number of hydrogen-bond acceptors (Lipinski definition) is 3. The lowest BCUT2D eigenvalue weighted by molar-refractivity contribution is -0.486. The number of hydrogen-bond donors (Lipinski definition) is 0. The van der Waals surface area contributed by atoms with E-state index in [9.17, 15) is 158 Å². The van der Waals surface area contributed by atoms with Crippen molar-refractivity contribution in [1.29, 1.82) is 0 Å². The highest BCUT2D eigenvalue weighted by Gasteiger charge is 3.00. The quantitative estimate of drug-likeness (QED) is 0.121. The zero-order chi connectivity index (χ0) is 46.6. The lowest BCUT2D eigenvalue weighted by Crippen LogP contribution is -2.79. The van der Waals surface area contributed by atoms with Gasteiger partial charge in [0.15, 0.2) is 0 Å². The van der Waals surface area contributed by atoms with Crippen molar-refractivity contribution in [3.8, 4) is 0 Å². The standard InChI is InChI=1S/C16F36O3Si/c17-1(18,2(19,20)4(23,24)6(27,28)8(31,32)11(37,38)39)3(21,22)5(25,26)7(29,30)9(33,34)13(43,44)53-56(54-15(47,48)49,55-16(50,51)52)14(45,46)10(35,36)12(40,41)42. The maximum atomic E-state index is 14.1. The monoisotopic (exact) mass is 952 g/mol. The molecule has 0 aromatic heterocycles. The second-order valence-electron chi connectivity index (χ2n) is 9.58. The van der Waals surface area contributed by atoms with Gasteiger partial charge in [0.05, 0.1) is 0 Å². The van der Waals surface area contributed by atoms with Crippen LogP contribution < -0.4 is 0 Å². The molecule has 0 saturated heterocycles. The Balaban J connectivity index is 8.08. The lowest BCUT2D eigenvalue weighted by atomic mass is 9.86. The van der Waals surface area contributed by atoms with E-state index in [2.05, 4.69) is 0 Å². The van der Waals surface area contributed by atoms with Gasteiger partial charge in [0.2, 0.25) is 0 Å². The average Bonchev–Trinajstić information content (AvgIpc) is 2.88. The summed E-state index contributed by atoms with van der Waals surface area (Å²) in [7, 11) is -11.3. The van der Waals surface area contributed by atoms with Crippen LogP contribution in [0.3, 0.4) is 0 Å². The predicted molar refractivity (Wildman–Crippen MR) is 92.6 cm³/mol.